The minimum absolute atomic E-state index is 0.00747. The first-order valence-corrected chi connectivity index (χ1v) is 8.07. The Morgan fingerprint density at radius 3 is 2.65 bits per heavy atom. The minimum atomic E-state index is -0.00747. The summed E-state index contributed by atoms with van der Waals surface area (Å²) in [6.45, 7) is 7.69. The summed E-state index contributed by atoms with van der Waals surface area (Å²) in [6, 6.07) is 2.25. The average Bonchev–Trinajstić information content (AvgIpc) is 2.82. The van der Waals surface area contributed by atoms with Crippen LogP contribution in [-0.4, -0.2) is 32.6 Å². The van der Waals surface area contributed by atoms with Gasteiger partial charge in [0.25, 0.3) is 0 Å². The van der Waals surface area contributed by atoms with Gasteiger partial charge in [-0.25, -0.2) is 14.8 Å². The number of hydrogen-bond acceptors (Lipinski definition) is 4. The van der Waals surface area contributed by atoms with Gasteiger partial charge in [0.1, 0.15) is 12.1 Å². The molecule has 1 saturated heterocycles. The summed E-state index contributed by atoms with van der Waals surface area (Å²) >= 11 is 0. The number of piperidine rings is 1. The van der Waals surface area contributed by atoms with Crippen LogP contribution in [0.5, 0.6) is 0 Å². The van der Waals surface area contributed by atoms with E-state index in [2.05, 4.69) is 19.9 Å². The molecule has 1 aliphatic heterocycles. The van der Waals surface area contributed by atoms with Crippen LogP contribution in [0.2, 0.25) is 0 Å². The maximum absolute atomic E-state index is 12.3. The lowest BCUT2D eigenvalue weighted by Crippen LogP contribution is -2.37. The first-order chi connectivity index (χ1) is 11.1. The van der Waals surface area contributed by atoms with Crippen LogP contribution in [0.4, 0.5) is 5.82 Å². The van der Waals surface area contributed by atoms with Crippen molar-refractivity contribution in [1.82, 2.24) is 19.5 Å². The van der Waals surface area contributed by atoms with Gasteiger partial charge in [-0.2, -0.15) is 0 Å². The Hall–Kier alpha value is -2.37. The van der Waals surface area contributed by atoms with E-state index in [0.29, 0.717) is 0 Å². The number of nitrogens with zero attached hydrogens (tertiary/aromatic N) is 4. The smallest absolute Gasteiger partial charge is 0.326 e. The Morgan fingerprint density at radius 1 is 1.26 bits per heavy atom. The summed E-state index contributed by atoms with van der Waals surface area (Å²) < 4.78 is 1.91. The highest BCUT2D eigenvalue weighted by Crippen LogP contribution is 2.26. The van der Waals surface area contributed by atoms with Crippen LogP contribution in [0.3, 0.4) is 0 Å². The molecule has 0 amide bonds. The molecule has 3 rings (SSSR count). The van der Waals surface area contributed by atoms with Gasteiger partial charge in [-0.05, 0) is 39.7 Å². The molecular formula is C17H23N5O. The number of nitrogens with one attached hydrogen (secondary N) is 1. The first-order valence-electron chi connectivity index (χ1n) is 8.07. The Bertz CT molecular complexity index is 766. The second-order valence-corrected chi connectivity index (χ2v) is 6.05. The Morgan fingerprint density at radius 2 is 2.00 bits per heavy atom. The van der Waals surface area contributed by atoms with Gasteiger partial charge in [0.05, 0.1) is 5.69 Å². The van der Waals surface area contributed by atoms with Gasteiger partial charge in [-0.3, -0.25) is 4.57 Å². The van der Waals surface area contributed by atoms with Gasteiger partial charge >= 0.3 is 5.69 Å². The molecular weight excluding hydrogens is 290 g/mol. The van der Waals surface area contributed by atoms with E-state index in [9.17, 15) is 4.79 Å². The maximum atomic E-state index is 12.3. The van der Waals surface area contributed by atoms with Gasteiger partial charge in [0, 0.05) is 36.6 Å². The zero-order chi connectivity index (χ0) is 16.4. The number of hydrogen-bond donors (Lipinski definition) is 1. The van der Waals surface area contributed by atoms with E-state index in [0.717, 1.165) is 48.8 Å². The van der Waals surface area contributed by atoms with Crippen LogP contribution in [0.15, 0.2) is 23.3 Å². The molecule has 0 saturated carbocycles. The number of aromatic amines is 1. The maximum Gasteiger partial charge on any atom is 0.326 e. The van der Waals surface area contributed by atoms with Crippen molar-refractivity contribution in [3.8, 4) is 0 Å². The molecule has 23 heavy (non-hydrogen) atoms. The van der Waals surface area contributed by atoms with Crippen molar-refractivity contribution < 1.29 is 0 Å². The zero-order valence-electron chi connectivity index (χ0n) is 13.9. The van der Waals surface area contributed by atoms with Crippen LogP contribution in [-0.2, 0) is 0 Å². The van der Waals surface area contributed by atoms with Crippen molar-refractivity contribution in [2.75, 3.05) is 18.0 Å². The number of allylic oxidation sites excluding steroid dienone is 1. The van der Waals surface area contributed by atoms with E-state index in [1.807, 2.05) is 43.6 Å². The monoisotopic (exact) mass is 313 g/mol. The molecule has 0 aromatic carbocycles. The van der Waals surface area contributed by atoms with Crippen molar-refractivity contribution in [2.45, 2.75) is 39.7 Å². The summed E-state index contributed by atoms with van der Waals surface area (Å²) in [5.74, 6) is 0.974. The van der Waals surface area contributed by atoms with Crippen molar-refractivity contribution in [1.29, 1.82) is 0 Å². The van der Waals surface area contributed by atoms with Crippen LogP contribution in [0.25, 0.3) is 6.08 Å². The van der Waals surface area contributed by atoms with Gasteiger partial charge in [0.2, 0.25) is 0 Å². The molecule has 0 atom stereocenters. The SMILES string of the molecule is C/C=C\c1c(C)[nH]c(=O)n1C1CCN(c2cc(C)ncn2)CC1. The molecule has 0 aliphatic carbocycles. The van der Waals surface area contributed by atoms with E-state index in [4.69, 9.17) is 0 Å². The number of H-pyrrole nitrogens is 1. The predicted molar refractivity (Wildman–Crippen MR) is 91.8 cm³/mol. The largest absolute Gasteiger partial charge is 0.356 e. The van der Waals surface area contributed by atoms with Gasteiger partial charge in [-0.1, -0.05) is 6.08 Å². The fraction of sp³-hybridized carbons (Fsp3) is 0.471. The molecule has 0 bridgehead atoms. The van der Waals surface area contributed by atoms with Crippen molar-refractivity contribution in [3.63, 3.8) is 0 Å². The third kappa shape index (κ3) is 3.06. The molecule has 0 radical (unpaired) electrons. The normalized spacial score (nSPS) is 16.4. The topological polar surface area (TPSA) is 66.8 Å². The number of aromatic nitrogens is 4. The van der Waals surface area contributed by atoms with Crippen molar-refractivity contribution in [3.05, 3.63) is 46.0 Å². The lowest BCUT2D eigenvalue weighted by atomic mass is 10.0. The molecule has 2 aromatic rings. The molecule has 1 N–H and O–H groups in total. The molecule has 6 nitrogen and oxygen atoms in total. The molecule has 6 heteroatoms. The molecule has 1 fully saturated rings. The van der Waals surface area contributed by atoms with Crippen LogP contribution in [0, 0.1) is 13.8 Å². The van der Waals surface area contributed by atoms with E-state index in [1.165, 1.54) is 0 Å². The van der Waals surface area contributed by atoms with Gasteiger partial charge in [0.15, 0.2) is 0 Å². The number of anilines is 1. The summed E-state index contributed by atoms with van der Waals surface area (Å²) in [7, 11) is 0. The molecule has 0 unspecified atom stereocenters. The molecule has 0 spiro atoms. The van der Waals surface area contributed by atoms with Gasteiger partial charge < -0.3 is 9.88 Å². The number of rotatable bonds is 3. The second kappa shape index (κ2) is 6.40. The zero-order valence-corrected chi connectivity index (χ0v) is 13.9. The summed E-state index contributed by atoms with van der Waals surface area (Å²) in [5, 5.41) is 0. The molecule has 1 aliphatic rings. The van der Waals surface area contributed by atoms with Crippen LogP contribution >= 0.6 is 0 Å². The van der Waals surface area contributed by atoms with E-state index in [1.54, 1.807) is 6.33 Å². The van der Waals surface area contributed by atoms with Crippen LogP contribution in [0.1, 0.15) is 42.9 Å². The third-order valence-corrected chi connectivity index (χ3v) is 4.42. The highest BCUT2D eigenvalue weighted by Gasteiger charge is 2.24. The number of aryl methyl sites for hydroxylation is 2. The highest BCUT2D eigenvalue weighted by molar-refractivity contribution is 5.48. The van der Waals surface area contributed by atoms with Crippen molar-refractivity contribution in [2.24, 2.45) is 0 Å². The molecule has 3 heterocycles. The average molecular weight is 313 g/mol. The second-order valence-electron chi connectivity index (χ2n) is 6.05. The van der Waals surface area contributed by atoms with E-state index >= 15 is 0 Å². The Kier molecular flexibility index (Phi) is 4.32. The lowest BCUT2D eigenvalue weighted by Gasteiger charge is -2.33. The quantitative estimate of drug-likeness (QED) is 0.945. The number of imidazole rings is 1. The standard InChI is InChI=1S/C17H23N5O/c1-4-5-15-13(3)20-17(23)22(15)14-6-8-21(9-7-14)16-10-12(2)18-11-19-16/h4-5,10-11,14H,6-9H2,1-3H3,(H,20,23)/b5-4-. The van der Waals surface area contributed by atoms with Crippen molar-refractivity contribution >= 4 is 11.9 Å². The summed E-state index contributed by atoms with van der Waals surface area (Å²) in [5.41, 5.74) is 2.90. The summed E-state index contributed by atoms with van der Waals surface area (Å²) in [4.78, 5) is 26.0. The first kappa shape index (κ1) is 15.5. The lowest BCUT2D eigenvalue weighted by molar-refractivity contribution is 0.385. The van der Waals surface area contributed by atoms with Gasteiger partial charge in [-0.15, -0.1) is 0 Å². The Balaban J connectivity index is 1.78. The fourth-order valence-electron chi connectivity index (χ4n) is 3.27. The fourth-order valence-corrected chi connectivity index (χ4v) is 3.27. The Labute approximate surface area is 135 Å². The van der Waals surface area contributed by atoms with E-state index in [-0.39, 0.29) is 11.7 Å². The third-order valence-electron chi connectivity index (χ3n) is 4.42. The minimum Gasteiger partial charge on any atom is -0.356 e. The highest BCUT2D eigenvalue weighted by atomic mass is 16.1. The molecule has 122 valence electrons. The summed E-state index contributed by atoms with van der Waals surface area (Å²) in [6.07, 6.45) is 7.47. The molecule has 2 aromatic heterocycles. The van der Waals surface area contributed by atoms with Crippen LogP contribution < -0.4 is 10.6 Å². The van der Waals surface area contributed by atoms with E-state index < -0.39 is 0 Å². The predicted octanol–water partition coefficient (Wildman–Crippen LogP) is 2.46.